The second-order valence-electron chi connectivity index (χ2n) is 5.60. The fraction of sp³-hybridized carbons (Fsp3) is 0.833. The molecule has 1 atom stereocenters. The number of hydrogen-bond acceptors (Lipinski definition) is 2. The molecule has 0 bridgehead atoms. The fourth-order valence-corrected chi connectivity index (χ4v) is 2.82. The second-order valence-corrected chi connectivity index (χ2v) is 5.60. The van der Waals surface area contributed by atoms with E-state index in [9.17, 15) is 9.59 Å². The van der Waals surface area contributed by atoms with Gasteiger partial charge in [0.15, 0.2) is 0 Å². The van der Waals surface area contributed by atoms with Gasteiger partial charge in [0.05, 0.1) is 5.41 Å². The molecule has 90 valence electrons. The van der Waals surface area contributed by atoms with E-state index in [-0.39, 0.29) is 17.2 Å². The van der Waals surface area contributed by atoms with E-state index < -0.39 is 0 Å². The summed E-state index contributed by atoms with van der Waals surface area (Å²) in [6.07, 6.45) is 1.26. The zero-order chi connectivity index (χ0) is 11.9. The third-order valence-corrected chi connectivity index (χ3v) is 3.63. The average molecular weight is 224 g/mol. The van der Waals surface area contributed by atoms with Crippen LogP contribution in [0.1, 0.15) is 26.7 Å². The zero-order valence-corrected chi connectivity index (χ0v) is 10.3. The van der Waals surface area contributed by atoms with Crippen molar-refractivity contribution in [2.75, 3.05) is 26.7 Å². The maximum Gasteiger partial charge on any atom is 0.230 e. The van der Waals surface area contributed by atoms with Gasteiger partial charge in [-0.3, -0.25) is 9.59 Å². The Morgan fingerprint density at radius 3 is 2.50 bits per heavy atom. The van der Waals surface area contributed by atoms with Gasteiger partial charge in [-0.25, -0.2) is 0 Å². The molecule has 0 N–H and O–H groups in total. The van der Waals surface area contributed by atoms with Crippen molar-refractivity contribution in [3.05, 3.63) is 0 Å². The van der Waals surface area contributed by atoms with Gasteiger partial charge in [0.1, 0.15) is 0 Å². The monoisotopic (exact) mass is 224 g/mol. The van der Waals surface area contributed by atoms with Gasteiger partial charge in [0.25, 0.3) is 0 Å². The molecule has 1 unspecified atom stereocenters. The molecule has 0 aromatic carbocycles. The summed E-state index contributed by atoms with van der Waals surface area (Å²) < 4.78 is 0. The predicted octanol–water partition coefficient (Wildman–Crippen LogP) is 0.723. The van der Waals surface area contributed by atoms with Gasteiger partial charge >= 0.3 is 0 Å². The molecule has 2 aliphatic heterocycles. The van der Waals surface area contributed by atoms with E-state index in [4.69, 9.17) is 0 Å². The second kappa shape index (κ2) is 3.75. The first kappa shape index (κ1) is 11.4. The molecule has 16 heavy (non-hydrogen) atoms. The molecule has 0 radical (unpaired) electrons. The lowest BCUT2D eigenvalue weighted by Gasteiger charge is -2.50. The molecule has 4 heteroatoms. The number of amides is 2. The Hall–Kier alpha value is -1.06. The van der Waals surface area contributed by atoms with Gasteiger partial charge < -0.3 is 9.80 Å². The summed E-state index contributed by atoms with van der Waals surface area (Å²) in [5.41, 5.74) is -0.334. The lowest BCUT2D eigenvalue weighted by molar-refractivity contribution is -0.168. The number of β-lactam (4-membered cyclic amide) rings is 1. The number of rotatable bonds is 2. The Kier molecular flexibility index (Phi) is 2.68. The standard InChI is InChI=1S/C12H20N2O2/c1-9(2)7-14-5-4-12(6-10(14)15)8-13(3)11(12)16/h9H,4-8H2,1-3H3. The zero-order valence-electron chi connectivity index (χ0n) is 10.3. The van der Waals surface area contributed by atoms with E-state index in [2.05, 4.69) is 13.8 Å². The van der Waals surface area contributed by atoms with Crippen LogP contribution < -0.4 is 0 Å². The van der Waals surface area contributed by atoms with Crippen molar-refractivity contribution in [1.82, 2.24) is 9.80 Å². The topological polar surface area (TPSA) is 40.6 Å². The molecule has 4 nitrogen and oxygen atoms in total. The van der Waals surface area contributed by atoms with Crippen molar-refractivity contribution >= 4 is 11.8 Å². The maximum atomic E-state index is 11.9. The van der Waals surface area contributed by atoms with Gasteiger partial charge in [-0.1, -0.05) is 13.8 Å². The van der Waals surface area contributed by atoms with Crippen LogP contribution in [-0.2, 0) is 9.59 Å². The molecular formula is C12H20N2O2. The lowest BCUT2D eigenvalue weighted by atomic mass is 9.71. The van der Waals surface area contributed by atoms with Crippen LogP contribution in [0.3, 0.4) is 0 Å². The van der Waals surface area contributed by atoms with E-state index in [1.54, 1.807) is 11.9 Å². The molecule has 2 heterocycles. The number of piperidine rings is 1. The summed E-state index contributed by atoms with van der Waals surface area (Å²) >= 11 is 0. The molecule has 1 spiro atoms. The number of carbonyl (C=O) groups excluding carboxylic acids is 2. The van der Waals surface area contributed by atoms with Crippen LogP contribution in [0.15, 0.2) is 0 Å². The summed E-state index contributed by atoms with van der Waals surface area (Å²) in [6, 6.07) is 0. The number of likely N-dealkylation sites (tertiary alicyclic amines) is 2. The van der Waals surface area contributed by atoms with Crippen molar-refractivity contribution in [2.24, 2.45) is 11.3 Å². The van der Waals surface area contributed by atoms with Gasteiger partial charge in [0, 0.05) is 33.1 Å². The molecule has 2 rings (SSSR count). The molecule has 2 aliphatic rings. The first-order chi connectivity index (χ1) is 7.44. The molecular weight excluding hydrogens is 204 g/mol. The van der Waals surface area contributed by atoms with E-state index in [1.807, 2.05) is 4.90 Å². The van der Waals surface area contributed by atoms with Crippen LogP contribution in [0.25, 0.3) is 0 Å². The van der Waals surface area contributed by atoms with Crippen molar-refractivity contribution in [2.45, 2.75) is 26.7 Å². The summed E-state index contributed by atoms with van der Waals surface area (Å²) in [7, 11) is 1.80. The molecule has 2 saturated heterocycles. The van der Waals surface area contributed by atoms with Crippen LogP contribution in [0.5, 0.6) is 0 Å². The van der Waals surface area contributed by atoms with Crippen molar-refractivity contribution in [3.63, 3.8) is 0 Å². The van der Waals surface area contributed by atoms with E-state index in [0.717, 1.165) is 26.1 Å². The van der Waals surface area contributed by atoms with Crippen LogP contribution in [0, 0.1) is 11.3 Å². The van der Waals surface area contributed by atoms with Crippen LogP contribution >= 0.6 is 0 Å². The molecule has 0 aliphatic carbocycles. The summed E-state index contributed by atoms with van der Waals surface area (Å²) in [6.45, 7) is 6.54. The molecule has 2 fully saturated rings. The molecule has 2 amide bonds. The van der Waals surface area contributed by atoms with E-state index >= 15 is 0 Å². The first-order valence-corrected chi connectivity index (χ1v) is 5.98. The Balaban J connectivity index is 1.98. The highest BCUT2D eigenvalue weighted by Crippen LogP contribution is 2.41. The van der Waals surface area contributed by atoms with Crippen molar-refractivity contribution in [3.8, 4) is 0 Å². The summed E-state index contributed by atoms with van der Waals surface area (Å²) in [5.74, 6) is 0.809. The van der Waals surface area contributed by atoms with Gasteiger partial charge in [0.2, 0.25) is 11.8 Å². The van der Waals surface area contributed by atoms with E-state index in [1.165, 1.54) is 0 Å². The maximum absolute atomic E-state index is 11.9. The SMILES string of the molecule is CC(C)CN1CCC2(CC1=O)CN(C)C2=O. The lowest BCUT2D eigenvalue weighted by Crippen LogP contribution is -2.64. The third-order valence-electron chi connectivity index (χ3n) is 3.63. The number of carbonyl (C=O) groups is 2. The predicted molar refractivity (Wildman–Crippen MR) is 60.7 cm³/mol. The largest absolute Gasteiger partial charge is 0.344 e. The van der Waals surface area contributed by atoms with Crippen LogP contribution in [-0.4, -0.2) is 48.3 Å². The minimum absolute atomic E-state index is 0.154. The highest BCUT2D eigenvalue weighted by Gasteiger charge is 2.53. The average Bonchev–Trinajstić information content (AvgIpc) is 2.21. The Morgan fingerprint density at radius 2 is 2.06 bits per heavy atom. The normalized spacial score (nSPS) is 30.2. The fourth-order valence-electron chi connectivity index (χ4n) is 2.82. The highest BCUT2D eigenvalue weighted by atomic mass is 16.2. The highest BCUT2D eigenvalue weighted by molar-refractivity contribution is 5.94. The number of hydrogen-bond donors (Lipinski definition) is 0. The Labute approximate surface area is 96.6 Å². The minimum atomic E-state index is -0.334. The first-order valence-electron chi connectivity index (χ1n) is 5.98. The quantitative estimate of drug-likeness (QED) is 0.649. The van der Waals surface area contributed by atoms with Crippen LogP contribution in [0.2, 0.25) is 0 Å². The smallest absolute Gasteiger partial charge is 0.230 e. The Bertz CT molecular complexity index is 327. The molecule has 0 aromatic rings. The summed E-state index contributed by atoms with van der Waals surface area (Å²) in [4.78, 5) is 27.3. The van der Waals surface area contributed by atoms with Crippen molar-refractivity contribution < 1.29 is 9.59 Å². The Morgan fingerprint density at radius 1 is 1.38 bits per heavy atom. The number of nitrogens with zero attached hydrogens (tertiary/aromatic N) is 2. The van der Waals surface area contributed by atoms with Gasteiger partial charge in [-0.05, 0) is 12.3 Å². The minimum Gasteiger partial charge on any atom is -0.344 e. The third kappa shape index (κ3) is 1.70. The molecule has 0 aromatic heterocycles. The summed E-state index contributed by atoms with van der Waals surface area (Å²) in [5, 5.41) is 0. The van der Waals surface area contributed by atoms with E-state index in [0.29, 0.717) is 12.3 Å². The molecule has 0 saturated carbocycles. The van der Waals surface area contributed by atoms with Gasteiger partial charge in [-0.2, -0.15) is 0 Å². The van der Waals surface area contributed by atoms with Crippen LogP contribution in [0.4, 0.5) is 0 Å². The van der Waals surface area contributed by atoms with Gasteiger partial charge in [-0.15, -0.1) is 0 Å². The van der Waals surface area contributed by atoms with Crippen molar-refractivity contribution in [1.29, 1.82) is 0 Å².